The van der Waals surface area contributed by atoms with Gasteiger partial charge in [0.15, 0.2) is 6.29 Å². The van der Waals surface area contributed by atoms with Crippen molar-refractivity contribution in [3.8, 4) is 0 Å². The Kier molecular flexibility index (Phi) is 26.1. The maximum absolute atomic E-state index is 14.7. The molecule has 2 fully saturated rings. The Hall–Kier alpha value is -4.86. The quantitative estimate of drug-likeness (QED) is 0.0393. The molecule has 9 atom stereocenters. The van der Waals surface area contributed by atoms with Crippen molar-refractivity contribution in [1.29, 1.82) is 0 Å². The first-order valence-corrected chi connectivity index (χ1v) is 26.7. The molecule has 73 heavy (non-hydrogen) atoms. The number of likely N-dealkylation sites (N-methyl/N-ethyl adjacent to an activating group) is 2. The number of ether oxygens (including phenoxy) is 2. The lowest BCUT2D eigenvalue weighted by atomic mass is 9.89. The van der Waals surface area contributed by atoms with Crippen molar-refractivity contribution in [3.05, 3.63) is 61.2 Å². The fourth-order valence-corrected chi connectivity index (χ4v) is 10.7. The molecule has 1 aromatic carbocycles. The fourth-order valence-electron chi connectivity index (χ4n) is 9.90. The zero-order valence-electron chi connectivity index (χ0n) is 45.2. The maximum Gasteiger partial charge on any atom is 0.248 e. The van der Waals surface area contributed by atoms with Crippen molar-refractivity contribution in [2.45, 2.75) is 136 Å². The standard InChI is InChI=1S/C53H86N8O11S/c1-14-25-58-31-59(42(62)16-3)33-60(32-58)43(63)24-27-73-30-45(65)56(10)47(35(6)7)51(67)55-46(34(4)5)52(68)57(11)48(36(8)15-2)41(71-12)29-44(64)61-26-20-23-40(61)49(72-13)37(9)50(66)54-39(53(69)70)28-38-21-18-17-19-22-38/h14,16-19,21-22,34-37,39-41,46-49,53,69-70H,1,3,15,20,23-33H2,2,4-13H3,(H,54,66)(H,55,67)/t36-,37+,39-,40-,41+,46-,47-,48-,49+/m0/s1. The monoisotopic (exact) mass is 1040 g/mol. The molecule has 4 N–H and O–H groups in total. The molecule has 0 aromatic heterocycles. The number of likely N-dealkylation sites (tertiary alicyclic amines) is 1. The summed E-state index contributed by atoms with van der Waals surface area (Å²) in [5, 5.41) is 26.1. The highest BCUT2D eigenvalue weighted by molar-refractivity contribution is 7.99. The van der Waals surface area contributed by atoms with Gasteiger partial charge in [-0.1, -0.05) is 97.9 Å². The highest BCUT2D eigenvalue weighted by Gasteiger charge is 2.44. The molecule has 410 valence electrons. The van der Waals surface area contributed by atoms with Crippen LogP contribution in [-0.4, -0.2) is 203 Å². The predicted molar refractivity (Wildman–Crippen MR) is 282 cm³/mol. The molecule has 2 aliphatic heterocycles. The maximum atomic E-state index is 14.7. The first-order valence-electron chi connectivity index (χ1n) is 25.5. The van der Waals surface area contributed by atoms with Crippen LogP contribution in [0.25, 0.3) is 0 Å². The average molecular weight is 1040 g/mol. The number of aliphatic hydroxyl groups excluding tert-OH is 1. The number of rotatable bonds is 29. The lowest BCUT2D eigenvalue weighted by molar-refractivity contribution is -0.148. The highest BCUT2D eigenvalue weighted by atomic mass is 32.2. The fraction of sp³-hybridized carbons (Fsp3) is 0.679. The summed E-state index contributed by atoms with van der Waals surface area (Å²) in [6, 6.07) is 5.25. The van der Waals surface area contributed by atoms with E-state index in [1.165, 1.54) is 41.9 Å². The predicted octanol–water partition coefficient (Wildman–Crippen LogP) is 2.91. The van der Waals surface area contributed by atoms with Crippen LogP contribution in [0.4, 0.5) is 0 Å². The molecule has 0 unspecified atom stereocenters. The van der Waals surface area contributed by atoms with E-state index in [-0.39, 0.29) is 79.0 Å². The van der Waals surface area contributed by atoms with E-state index in [9.17, 15) is 43.8 Å². The molecule has 0 bridgehead atoms. The van der Waals surface area contributed by atoms with Gasteiger partial charge in [-0.05, 0) is 48.7 Å². The number of methoxy groups -OCH3 is 2. The third kappa shape index (κ3) is 17.6. The van der Waals surface area contributed by atoms with Crippen molar-refractivity contribution in [3.63, 3.8) is 0 Å². The van der Waals surface area contributed by atoms with E-state index in [0.29, 0.717) is 51.4 Å². The molecule has 2 heterocycles. The van der Waals surface area contributed by atoms with Crippen LogP contribution < -0.4 is 10.6 Å². The first-order chi connectivity index (χ1) is 34.6. The molecule has 0 saturated carbocycles. The van der Waals surface area contributed by atoms with Gasteiger partial charge >= 0.3 is 0 Å². The van der Waals surface area contributed by atoms with Crippen LogP contribution in [-0.2, 0) is 49.5 Å². The van der Waals surface area contributed by atoms with Gasteiger partial charge in [0, 0.05) is 53.6 Å². The summed E-state index contributed by atoms with van der Waals surface area (Å²) in [6.07, 6.45) is 1.78. The molecule has 0 spiro atoms. The summed E-state index contributed by atoms with van der Waals surface area (Å²) in [5.41, 5.74) is 0.820. The van der Waals surface area contributed by atoms with Gasteiger partial charge in [-0.15, -0.1) is 6.58 Å². The normalized spacial score (nSPS) is 18.6. The van der Waals surface area contributed by atoms with E-state index in [1.54, 1.807) is 41.8 Å². The van der Waals surface area contributed by atoms with Crippen LogP contribution in [0, 0.1) is 23.7 Å². The Labute approximate surface area is 438 Å². The average Bonchev–Trinajstić information content (AvgIpc) is 3.85. The lowest BCUT2D eigenvalue weighted by Crippen LogP contribution is -2.60. The number of aliphatic hydroxyl groups is 2. The largest absolute Gasteiger partial charge is 0.379 e. The van der Waals surface area contributed by atoms with Crippen LogP contribution in [0.2, 0.25) is 0 Å². The van der Waals surface area contributed by atoms with Gasteiger partial charge in [0.05, 0.1) is 68.4 Å². The lowest BCUT2D eigenvalue weighted by Gasteiger charge is -2.41. The third-order valence-corrected chi connectivity index (χ3v) is 15.1. The second-order valence-electron chi connectivity index (χ2n) is 20.1. The zero-order valence-corrected chi connectivity index (χ0v) is 46.1. The summed E-state index contributed by atoms with van der Waals surface area (Å²) >= 11 is 1.27. The van der Waals surface area contributed by atoms with Crippen LogP contribution >= 0.6 is 11.8 Å². The molecule has 0 radical (unpaired) electrons. The molecule has 2 aliphatic rings. The Bertz CT molecular complexity index is 1990. The van der Waals surface area contributed by atoms with E-state index >= 15 is 0 Å². The van der Waals surface area contributed by atoms with Crippen molar-refractivity contribution in [2.75, 3.05) is 72.9 Å². The van der Waals surface area contributed by atoms with Crippen LogP contribution in [0.1, 0.15) is 86.1 Å². The topological polar surface area (TPSA) is 222 Å². The first kappa shape index (κ1) is 62.4. The van der Waals surface area contributed by atoms with Gasteiger partial charge in [0.2, 0.25) is 41.4 Å². The molecular weight excluding hydrogens is 957 g/mol. The number of nitrogens with one attached hydrogen (secondary N) is 2. The van der Waals surface area contributed by atoms with Gasteiger partial charge in [0.25, 0.3) is 0 Å². The van der Waals surface area contributed by atoms with Crippen LogP contribution in [0.15, 0.2) is 55.6 Å². The molecule has 7 amide bonds. The Balaban J connectivity index is 1.69. The van der Waals surface area contributed by atoms with E-state index < -0.39 is 66.4 Å². The van der Waals surface area contributed by atoms with Crippen molar-refractivity contribution >= 4 is 53.1 Å². The number of hydrogen-bond acceptors (Lipinski definition) is 13. The Morgan fingerprint density at radius 2 is 1.52 bits per heavy atom. The van der Waals surface area contributed by atoms with Crippen LogP contribution in [0.3, 0.4) is 0 Å². The van der Waals surface area contributed by atoms with Crippen molar-refractivity contribution in [2.24, 2.45) is 23.7 Å². The minimum absolute atomic E-state index is 0.0108. The number of nitrogens with zero attached hydrogens (tertiary/aromatic N) is 6. The summed E-state index contributed by atoms with van der Waals surface area (Å²) in [4.78, 5) is 106. The SMILES string of the molecule is C=CCN1CN(C(=O)C=C)CN(C(=O)CCSCC(=O)N(C)[C@H](C(=O)N[C@H](C(=O)N(C)[C@@H]([C@@H](C)CC)[C@@H](CC(=O)N2CCC[C@H]2[C@H](OC)[C@@H](C)C(=O)N[C@@H](Cc2ccccc2)C(O)O)OC)C(C)C)C(C)C)C1. The van der Waals surface area contributed by atoms with Gasteiger partial charge in [-0.3, -0.25) is 38.5 Å². The Morgan fingerprint density at radius 3 is 2.08 bits per heavy atom. The smallest absolute Gasteiger partial charge is 0.248 e. The number of benzene rings is 1. The second-order valence-corrected chi connectivity index (χ2v) is 21.2. The molecule has 1 aromatic rings. The Morgan fingerprint density at radius 1 is 0.863 bits per heavy atom. The van der Waals surface area contributed by atoms with E-state index in [4.69, 9.17) is 9.47 Å². The molecule has 0 aliphatic carbocycles. The number of thioether (sulfide) groups is 1. The summed E-state index contributed by atoms with van der Waals surface area (Å²) in [5.74, 6) is -3.58. The van der Waals surface area contributed by atoms with E-state index in [2.05, 4.69) is 23.8 Å². The summed E-state index contributed by atoms with van der Waals surface area (Å²) in [6.45, 7) is 22.0. The number of carbonyl (C=O) groups excluding carboxylic acids is 7. The van der Waals surface area contributed by atoms with Crippen molar-refractivity contribution < 1.29 is 53.2 Å². The summed E-state index contributed by atoms with van der Waals surface area (Å²) in [7, 11) is 6.21. The highest BCUT2D eigenvalue weighted by Crippen LogP contribution is 2.30. The number of amides is 7. The molecule has 2 saturated heterocycles. The van der Waals surface area contributed by atoms with Gasteiger partial charge in [-0.25, -0.2) is 0 Å². The number of carbonyl (C=O) groups is 7. The van der Waals surface area contributed by atoms with Crippen molar-refractivity contribution in [1.82, 2.24) is 40.0 Å². The third-order valence-electron chi connectivity index (χ3n) is 14.2. The van der Waals surface area contributed by atoms with Gasteiger partial charge in [0.1, 0.15) is 12.1 Å². The minimum Gasteiger partial charge on any atom is -0.379 e. The number of hydrogen-bond donors (Lipinski definition) is 4. The molecule has 20 heteroatoms. The van der Waals surface area contributed by atoms with E-state index in [1.807, 2.05) is 76.8 Å². The van der Waals surface area contributed by atoms with Crippen LogP contribution in [0.5, 0.6) is 0 Å². The van der Waals surface area contributed by atoms with Gasteiger partial charge in [-0.2, -0.15) is 11.8 Å². The minimum atomic E-state index is -1.81. The summed E-state index contributed by atoms with van der Waals surface area (Å²) < 4.78 is 12.0. The second kappa shape index (κ2) is 30.5. The molecule has 19 nitrogen and oxygen atoms in total. The molecule has 3 rings (SSSR count). The zero-order chi connectivity index (χ0) is 54.7. The van der Waals surface area contributed by atoms with Gasteiger partial charge < -0.3 is 54.8 Å². The van der Waals surface area contributed by atoms with E-state index in [0.717, 1.165) is 5.56 Å². The molecular formula is C53H86N8O11S.